The van der Waals surface area contributed by atoms with E-state index in [1.807, 2.05) is 0 Å². The second-order valence-electron chi connectivity index (χ2n) is 8.17. The summed E-state index contributed by atoms with van der Waals surface area (Å²) in [5, 5.41) is 0. The summed E-state index contributed by atoms with van der Waals surface area (Å²) in [6.45, 7) is 6.58. The summed E-state index contributed by atoms with van der Waals surface area (Å²) in [4.78, 5) is 0.104. The van der Waals surface area contributed by atoms with Crippen molar-refractivity contribution in [1.29, 1.82) is 0 Å². The molecule has 0 saturated heterocycles. The van der Waals surface area contributed by atoms with Crippen molar-refractivity contribution in [2.75, 3.05) is 0 Å². The topological polar surface area (TPSA) is 97.7 Å². The lowest BCUT2D eigenvalue weighted by Gasteiger charge is -2.19. The van der Waals surface area contributed by atoms with Crippen LogP contribution in [0.25, 0.3) is 11.1 Å². The monoisotopic (exact) mass is 460 g/mol. The van der Waals surface area contributed by atoms with Crippen LogP contribution in [0.4, 0.5) is 0 Å². The largest absolute Gasteiger partial charge is 0.457 e. The fourth-order valence-electron chi connectivity index (χ4n) is 2.95. The number of hydrogen-bond acceptors (Lipinski definition) is 5. The van der Waals surface area contributed by atoms with Crippen LogP contribution in [-0.2, 0) is 20.0 Å². The zero-order valence-electron chi connectivity index (χ0n) is 17.7. The Balaban J connectivity index is 1.81. The molecule has 0 unspecified atom stereocenters. The first kappa shape index (κ1) is 23.0. The number of sulfone groups is 1. The Labute approximate surface area is 183 Å². The van der Waals surface area contributed by atoms with Gasteiger partial charge in [0.2, 0.25) is 0 Å². The van der Waals surface area contributed by atoms with Gasteiger partial charge in [-0.2, -0.15) is 8.42 Å². The molecule has 164 valence electrons. The van der Waals surface area contributed by atoms with Gasteiger partial charge in [0.05, 0.1) is 14.5 Å². The van der Waals surface area contributed by atoms with Crippen molar-refractivity contribution in [3.8, 4) is 22.6 Å². The Kier molecular flexibility index (Phi) is 6.01. The molecule has 8 heteroatoms. The van der Waals surface area contributed by atoms with Gasteiger partial charge in [0.1, 0.15) is 11.5 Å². The SMILES string of the molecule is Cc1ccc(-c2ccc(Oc3ccc(S(=O)(=O)C(C)(C)C)cc3)cc2)cc1S(=O)(=O)O. The maximum atomic E-state index is 12.5. The summed E-state index contributed by atoms with van der Waals surface area (Å²) in [7, 11) is -7.74. The second-order valence-corrected chi connectivity index (χ2v) is 12.3. The molecule has 6 nitrogen and oxygen atoms in total. The first-order chi connectivity index (χ1) is 14.3. The summed E-state index contributed by atoms with van der Waals surface area (Å²) in [5.74, 6) is 1.03. The third-order valence-electron chi connectivity index (χ3n) is 4.83. The van der Waals surface area contributed by atoms with E-state index < -0.39 is 24.7 Å². The van der Waals surface area contributed by atoms with Crippen LogP contribution in [0.15, 0.2) is 76.5 Å². The molecule has 31 heavy (non-hydrogen) atoms. The molecule has 0 bridgehead atoms. The van der Waals surface area contributed by atoms with E-state index in [1.54, 1.807) is 76.2 Å². The standard InChI is InChI=1S/C23H24O6S2/c1-16-5-6-18(15-22(16)31(26,27)28)17-7-9-19(10-8-17)29-20-11-13-21(14-12-20)30(24,25)23(2,3)4/h5-15H,1-4H3,(H,26,27,28). The Bertz CT molecular complexity index is 1300. The Morgan fingerprint density at radius 2 is 1.23 bits per heavy atom. The van der Waals surface area contributed by atoms with Gasteiger partial charge in [-0.1, -0.05) is 24.3 Å². The summed E-state index contributed by atoms with van der Waals surface area (Å²) >= 11 is 0. The third-order valence-corrected chi connectivity index (χ3v) is 8.33. The van der Waals surface area contributed by atoms with Crippen molar-refractivity contribution in [2.24, 2.45) is 0 Å². The fraction of sp³-hybridized carbons (Fsp3) is 0.217. The van der Waals surface area contributed by atoms with E-state index in [-0.39, 0.29) is 9.79 Å². The molecular formula is C23H24O6S2. The lowest BCUT2D eigenvalue weighted by molar-refractivity contribution is 0.481. The van der Waals surface area contributed by atoms with E-state index in [2.05, 4.69) is 0 Å². The Morgan fingerprint density at radius 3 is 1.71 bits per heavy atom. The lowest BCUT2D eigenvalue weighted by Crippen LogP contribution is -2.27. The Hall–Kier alpha value is -2.68. The van der Waals surface area contributed by atoms with Gasteiger partial charge in [0, 0.05) is 0 Å². The number of ether oxygens (including phenoxy) is 1. The molecule has 0 aliphatic heterocycles. The minimum atomic E-state index is -4.30. The second kappa shape index (κ2) is 8.11. The summed E-state index contributed by atoms with van der Waals surface area (Å²) in [5.41, 5.74) is 1.86. The highest BCUT2D eigenvalue weighted by Gasteiger charge is 2.30. The van der Waals surface area contributed by atoms with E-state index in [9.17, 15) is 21.4 Å². The summed E-state index contributed by atoms with van der Waals surface area (Å²) < 4.78 is 62.4. The number of benzene rings is 3. The number of rotatable bonds is 5. The average Bonchev–Trinajstić information content (AvgIpc) is 2.68. The van der Waals surface area contributed by atoms with Crippen molar-refractivity contribution in [3.05, 3.63) is 72.3 Å². The average molecular weight is 461 g/mol. The fourth-order valence-corrected chi connectivity index (χ4v) is 4.90. The molecule has 0 atom stereocenters. The van der Waals surface area contributed by atoms with Crippen LogP contribution in [0.3, 0.4) is 0 Å². The third kappa shape index (κ3) is 4.98. The maximum absolute atomic E-state index is 12.5. The van der Waals surface area contributed by atoms with Crippen LogP contribution < -0.4 is 4.74 Å². The number of hydrogen-bond donors (Lipinski definition) is 1. The minimum Gasteiger partial charge on any atom is -0.457 e. The molecule has 0 aliphatic carbocycles. The molecule has 0 aromatic heterocycles. The summed E-state index contributed by atoms with van der Waals surface area (Å²) in [6.07, 6.45) is 0. The molecule has 0 aliphatic rings. The summed E-state index contributed by atoms with van der Waals surface area (Å²) in [6, 6.07) is 18.1. The smallest absolute Gasteiger partial charge is 0.294 e. The van der Waals surface area contributed by atoms with E-state index in [0.29, 0.717) is 22.6 Å². The molecule has 1 N–H and O–H groups in total. The van der Waals surface area contributed by atoms with Gasteiger partial charge in [-0.25, -0.2) is 8.42 Å². The van der Waals surface area contributed by atoms with Gasteiger partial charge in [0.25, 0.3) is 10.1 Å². The van der Waals surface area contributed by atoms with E-state index >= 15 is 0 Å². The van der Waals surface area contributed by atoms with Crippen LogP contribution >= 0.6 is 0 Å². The molecule has 0 heterocycles. The van der Waals surface area contributed by atoms with Crippen molar-refractivity contribution < 1.29 is 26.1 Å². The van der Waals surface area contributed by atoms with Crippen LogP contribution in [0.1, 0.15) is 26.3 Å². The van der Waals surface area contributed by atoms with Crippen LogP contribution in [-0.4, -0.2) is 26.1 Å². The van der Waals surface area contributed by atoms with E-state index in [4.69, 9.17) is 4.74 Å². The van der Waals surface area contributed by atoms with Crippen molar-refractivity contribution in [3.63, 3.8) is 0 Å². The van der Waals surface area contributed by atoms with Gasteiger partial charge < -0.3 is 4.74 Å². The lowest BCUT2D eigenvalue weighted by atomic mass is 10.0. The zero-order valence-corrected chi connectivity index (χ0v) is 19.3. The van der Waals surface area contributed by atoms with Gasteiger partial charge in [-0.3, -0.25) is 4.55 Å². The molecule has 0 radical (unpaired) electrons. The first-order valence-electron chi connectivity index (χ1n) is 9.50. The highest BCUT2D eigenvalue weighted by atomic mass is 32.2. The van der Waals surface area contributed by atoms with Crippen LogP contribution in [0.2, 0.25) is 0 Å². The van der Waals surface area contributed by atoms with Crippen molar-refractivity contribution in [1.82, 2.24) is 0 Å². The minimum absolute atomic E-state index is 0.129. The van der Waals surface area contributed by atoms with Gasteiger partial charge in [-0.15, -0.1) is 0 Å². The molecule has 0 spiro atoms. The van der Waals surface area contributed by atoms with Gasteiger partial charge in [0.15, 0.2) is 9.84 Å². The maximum Gasteiger partial charge on any atom is 0.294 e. The predicted molar refractivity (Wildman–Crippen MR) is 120 cm³/mol. The predicted octanol–water partition coefficient (Wildman–Crippen LogP) is 5.27. The van der Waals surface area contributed by atoms with Gasteiger partial charge >= 0.3 is 0 Å². The molecule has 3 aromatic rings. The Morgan fingerprint density at radius 1 is 0.742 bits per heavy atom. The van der Waals surface area contributed by atoms with Crippen molar-refractivity contribution >= 4 is 20.0 Å². The molecule has 3 aromatic carbocycles. The van der Waals surface area contributed by atoms with Crippen molar-refractivity contribution in [2.45, 2.75) is 42.2 Å². The highest BCUT2D eigenvalue weighted by molar-refractivity contribution is 7.92. The highest BCUT2D eigenvalue weighted by Crippen LogP contribution is 2.30. The van der Waals surface area contributed by atoms with Gasteiger partial charge in [-0.05, 0) is 86.8 Å². The molecular weight excluding hydrogens is 436 g/mol. The quantitative estimate of drug-likeness (QED) is 0.521. The molecule has 0 fully saturated rings. The van der Waals surface area contributed by atoms with E-state index in [1.165, 1.54) is 18.2 Å². The van der Waals surface area contributed by atoms with Crippen LogP contribution in [0, 0.1) is 6.92 Å². The molecule has 0 amide bonds. The molecule has 3 rings (SSSR count). The first-order valence-corrected chi connectivity index (χ1v) is 12.4. The number of aryl methyl sites for hydroxylation is 1. The van der Waals surface area contributed by atoms with Crippen LogP contribution in [0.5, 0.6) is 11.5 Å². The normalized spacial score (nSPS) is 12.5. The van der Waals surface area contributed by atoms with E-state index in [0.717, 1.165) is 5.56 Å². The zero-order chi connectivity index (χ0) is 23.0. The molecule has 0 saturated carbocycles.